The zero-order chi connectivity index (χ0) is 19.4. The van der Waals surface area contributed by atoms with Crippen molar-refractivity contribution in [2.24, 2.45) is 5.92 Å². The number of hydrogen-bond acceptors (Lipinski definition) is 3. The molecule has 1 aliphatic rings. The van der Waals surface area contributed by atoms with Crippen molar-refractivity contribution in [1.29, 1.82) is 0 Å². The lowest BCUT2D eigenvalue weighted by molar-refractivity contribution is 0.0757. The second-order valence-electron chi connectivity index (χ2n) is 7.02. The van der Waals surface area contributed by atoms with Crippen molar-refractivity contribution in [3.8, 4) is 17.2 Å². The largest absolute Gasteiger partial charge is 0.507 e. The Morgan fingerprint density at radius 3 is 2.48 bits per heavy atom. The van der Waals surface area contributed by atoms with E-state index in [4.69, 9.17) is 27.9 Å². The SMILES string of the molecule is CN(CC1CCCCC1)C(=O)c1cc(Oc2c(Cl)cccc2Cl)ccc1O. The van der Waals surface area contributed by atoms with Crippen LogP contribution < -0.4 is 4.74 Å². The van der Waals surface area contributed by atoms with Crippen molar-refractivity contribution in [3.05, 3.63) is 52.0 Å². The number of phenols is 1. The molecule has 0 radical (unpaired) electrons. The number of ether oxygens (including phenoxy) is 1. The van der Waals surface area contributed by atoms with Gasteiger partial charge in [-0.05, 0) is 49.1 Å². The fourth-order valence-electron chi connectivity index (χ4n) is 3.49. The summed E-state index contributed by atoms with van der Waals surface area (Å²) >= 11 is 12.3. The number of amides is 1. The first-order valence-electron chi connectivity index (χ1n) is 9.16. The second-order valence-corrected chi connectivity index (χ2v) is 7.84. The average molecular weight is 408 g/mol. The molecule has 2 aromatic carbocycles. The molecule has 1 amide bonds. The summed E-state index contributed by atoms with van der Waals surface area (Å²) in [5, 5.41) is 10.9. The summed E-state index contributed by atoms with van der Waals surface area (Å²) in [7, 11) is 1.77. The maximum Gasteiger partial charge on any atom is 0.257 e. The van der Waals surface area contributed by atoms with Crippen LogP contribution in [0, 0.1) is 5.92 Å². The number of hydrogen-bond donors (Lipinski definition) is 1. The van der Waals surface area contributed by atoms with E-state index >= 15 is 0 Å². The molecule has 2 aromatic rings. The molecular weight excluding hydrogens is 385 g/mol. The van der Waals surface area contributed by atoms with E-state index in [1.54, 1.807) is 36.2 Å². The highest BCUT2D eigenvalue weighted by Gasteiger charge is 2.22. The first-order valence-corrected chi connectivity index (χ1v) is 9.91. The summed E-state index contributed by atoms with van der Waals surface area (Å²) in [4.78, 5) is 14.5. The monoisotopic (exact) mass is 407 g/mol. The van der Waals surface area contributed by atoms with Crippen LogP contribution in [0.1, 0.15) is 42.5 Å². The van der Waals surface area contributed by atoms with Gasteiger partial charge in [0.2, 0.25) is 0 Å². The number of rotatable bonds is 5. The lowest BCUT2D eigenvalue weighted by Gasteiger charge is -2.27. The van der Waals surface area contributed by atoms with Crippen LogP contribution in [-0.2, 0) is 0 Å². The molecule has 1 N–H and O–H groups in total. The van der Waals surface area contributed by atoms with Crippen molar-refractivity contribution < 1.29 is 14.6 Å². The van der Waals surface area contributed by atoms with E-state index < -0.39 is 0 Å². The van der Waals surface area contributed by atoms with Crippen molar-refractivity contribution in [2.75, 3.05) is 13.6 Å². The van der Waals surface area contributed by atoms with Gasteiger partial charge in [-0.3, -0.25) is 4.79 Å². The molecule has 0 atom stereocenters. The molecule has 0 aliphatic heterocycles. The summed E-state index contributed by atoms with van der Waals surface area (Å²) in [6.45, 7) is 0.694. The number of carbonyl (C=O) groups is 1. The van der Waals surface area contributed by atoms with Crippen LogP contribution in [0.5, 0.6) is 17.2 Å². The lowest BCUT2D eigenvalue weighted by Crippen LogP contribution is -2.32. The molecule has 144 valence electrons. The average Bonchev–Trinajstić information content (AvgIpc) is 2.66. The quantitative estimate of drug-likeness (QED) is 0.646. The van der Waals surface area contributed by atoms with Crippen LogP contribution in [0.3, 0.4) is 0 Å². The fourth-order valence-corrected chi connectivity index (χ4v) is 3.97. The van der Waals surface area contributed by atoms with Crippen LogP contribution in [0.25, 0.3) is 0 Å². The van der Waals surface area contributed by atoms with Crippen LogP contribution in [0.4, 0.5) is 0 Å². The first kappa shape index (κ1) is 19.8. The van der Waals surface area contributed by atoms with Crippen molar-refractivity contribution in [3.63, 3.8) is 0 Å². The number of benzene rings is 2. The maximum atomic E-state index is 12.8. The summed E-state index contributed by atoms with van der Waals surface area (Å²) in [6, 6.07) is 9.62. The summed E-state index contributed by atoms with van der Waals surface area (Å²) in [6.07, 6.45) is 6.02. The second kappa shape index (κ2) is 8.85. The van der Waals surface area contributed by atoms with E-state index in [1.807, 2.05) is 0 Å². The van der Waals surface area contributed by atoms with Crippen molar-refractivity contribution in [1.82, 2.24) is 4.90 Å². The predicted octanol–water partition coefficient (Wildman–Crippen LogP) is 6.14. The number of phenolic OH excluding ortho intramolecular Hbond substituents is 1. The Morgan fingerprint density at radius 2 is 1.81 bits per heavy atom. The van der Waals surface area contributed by atoms with Gasteiger partial charge in [0.25, 0.3) is 5.91 Å². The van der Waals surface area contributed by atoms with E-state index in [2.05, 4.69) is 0 Å². The highest BCUT2D eigenvalue weighted by atomic mass is 35.5. The maximum absolute atomic E-state index is 12.8. The van der Waals surface area contributed by atoms with Crippen LogP contribution >= 0.6 is 23.2 Å². The zero-order valence-corrected chi connectivity index (χ0v) is 16.8. The normalized spacial score (nSPS) is 14.8. The number of halogens is 2. The van der Waals surface area contributed by atoms with Crippen molar-refractivity contribution >= 4 is 29.1 Å². The van der Waals surface area contributed by atoms with Gasteiger partial charge in [0.15, 0.2) is 5.75 Å². The minimum Gasteiger partial charge on any atom is -0.507 e. The van der Waals surface area contributed by atoms with Gasteiger partial charge in [0, 0.05) is 13.6 Å². The smallest absolute Gasteiger partial charge is 0.257 e. The number of aromatic hydroxyl groups is 1. The first-order chi connectivity index (χ1) is 13.0. The molecule has 6 heteroatoms. The van der Waals surface area contributed by atoms with Crippen molar-refractivity contribution in [2.45, 2.75) is 32.1 Å². The minimum absolute atomic E-state index is 0.0758. The van der Waals surface area contributed by atoms with Gasteiger partial charge in [-0.2, -0.15) is 0 Å². The minimum atomic E-state index is -0.228. The van der Waals surface area contributed by atoms with Gasteiger partial charge in [-0.25, -0.2) is 0 Å². The number of para-hydroxylation sites is 1. The summed E-state index contributed by atoms with van der Waals surface area (Å²) in [5.41, 5.74) is 0.203. The zero-order valence-electron chi connectivity index (χ0n) is 15.3. The van der Waals surface area contributed by atoms with Gasteiger partial charge in [-0.1, -0.05) is 48.5 Å². The standard InChI is InChI=1S/C21H23Cl2NO3/c1-24(13-14-6-3-2-4-7-14)21(26)16-12-15(10-11-19(16)25)27-20-17(22)8-5-9-18(20)23/h5,8-12,14,25H,2-4,6-7,13H2,1H3. The molecule has 1 aliphatic carbocycles. The van der Waals surface area contributed by atoms with Crippen LogP contribution in [0.2, 0.25) is 10.0 Å². The van der Waals surface area contributed by atoms with Gasteiger partial charge in [-0.15, -0.1) is 0 Å². The third-order valence-corrected chi connectivity index (χ3v) is 5.54. The molecular formula is C21H23Cl2NO3. The molecule has 0 spiro atoms. The highest BCUT2D eigenvalue weighted by Crippen LogP contribution is 2.37. The summed E-state index contributed by atoms with van der Waals surface area (Å²) in [5.74, 6) is 0.927. The Morgan fingerprint density at radius 1 is 1.15 bits per heavy atom. The Balaban J connectivity index is 1.77. The Labute approximate surface area is 169 Å². The molecule has 1 fully saturated rings. The molecule has 1 saturated carbocycles. The molecule has 0 bridgehead atoms. The number of carbonyl (C=O) groups excluding carboxylic acids is 1. The topological polar surface area (TPSA) is 49.8 Å². The fraction of sp³-hybridized carbons (Fsp3) is 0.381. The van der Waals surface area contributed by atoms with Crippen LogP contribution in [-0.4, -0.2) is 29.5 Å². The van der Waals surface area contributed by atoms with E-state index in [1.165, 1.54) is 31.4 Å². The van der Waals surface area contributed by atoms with Gasteiger partial charge in [0.1, 0.15) is 11.5 Å². The van der Waals surface area contributed by atoms with E-state index in [0.29, 0.717) is 34.0 Å². The molecule has 0 heterocycles. The van der Waals surface area contributed by atoms with Gasteiger partial charge in [0.05, 0.1) is 15.6 Å². The Hall–Kier alpha value is -1.91. The van der Waals surface area contributed by atoms with E-state index in [0.717, 1.165) is 12.8 Å². The third-order valence-electron chi connectivity index (χ3n) is 4.94. The molecule has 0 saturated heterocycles. The Bertz CT molecular complexity index is 799. The van der Waals surface area contributed by atoms with Crippen LogP contribution in [0.15, 0.2) is 36.4 Å². The highest BCUT2D eigenvalue weighted by molar-refractivity contribution is 6.37. The molecule has 0 unspecified atom stereocenters. The Kier molecular flexibility index (Phi) is 6.51. The lowest BCUT2D eigenvalue weighted by atomic mass is 9.89. The predicted molar refractivity (Wildman–Crippen MR) is 108 cm³/mol. The number of nitrogens with zero attached hydrogens (tertiary/aromatic N) is 1. The molecule has 3 rings (SSSR count). The molecule has 4 nitrogen and oxygen atoms in total. The molecule has 27 heavy (non-hydrogen) atoms. The van der Waals surface area contributed by atoms with E-state index in [9.17, 15) is 9.90 Å². The summed E-state index contributed by atoms with van der Waals surface area (Å²) < 4.78 is 5.77. The molecule has 0 aromatic heterocycles. The van der Waals surface area contributed by atoms with Gasteiger partial charge < -0.3 is 14.7 Å². The van der Waals surface area contributed by atoms with E-state index in [-0.39, 0.29) is 17.2 Å². The van der Waals surface area contributed by atoms with Gasteiger partial charge >= 0.3 is 0 Å². The third kappa shape index (κ3) is 4.88.